The third-order valence-corrected chi connectivity index (χ3v) is 3.62. The molecule has 104 valence electrons. The zero-order chi connectivity index (χ0) is 13.2. The van der Waals surface area contributed by atoms with E-state index in [4.69, 9.17) is 4.74 Å². The quantitative estimate of drug-likeness (QED) is 0.733. The number of rotatable bonds is 1. The third-order valence-electron chi connectivity index (χ3n) is 3.62. The first-order chi connectivity index (χ1) is 8.51. The molecule has 2 aliphatic heterocycles. The van der Waals surface area contributed by atoms with E-state index in [0.29, 0.717) is 6.54 Å². The average Bonchev–Trinajstić information content (AvgIpc) is 2.27. The largest absolute Gasteiger partial charge is 0.368 e. The van der Waals surface area contributed by atoms with Crippen molar-refractivity contribution in [3.05, 3.63) is 0 Å². The molecule has 0 radical (unpaired) electrons. The Morgan fingerprint density at radius 2 is 2.11 bits per heavy atom. The maximum Gasteiger partial charge on any atom is 0.317 e. The summed E-state index contributed by atoms with van der Waals surface area (Å²) in [7, 11) is 0. The summed E-state index contributed by atoms with van der Waals surface area (Å²) in [5.74, 6) is 0. The van der Waals surface area contributed by atoms with Gasteiger partial charge in [0.1, 0.15) is 0 Å². The van der Waals surface area contributed by atoms with Gasteiger partial charge >= 0.3 is 6.03 Å². The lowest BCUT2D eigenvalue weighted by Gasteiger charge is -2.47. The van der Waals surface area contributed by atoms with Gasteiger partial charge in [-0.05, 0) is 46.7 Å². The van der Waals surface area contributed by atoms with Gasteiger partial charge in [0.2, 0.25) is 0 Å². The molecule has 0 aromatic carbocycles. The molecule has 2 saturated heterocycles. The Labute approximate surface area is 109 Å². The van der Waals surface area contributed by atoms with Crippen molar-refractivity contribution in [1.82, 2.24) is 15.5 Å². The van der Waals surface area contributed by atoms with E-state index in [9.17, 15) is 4.79 Å². The number of amides is 2. The van der Waals surface area contributed by atoms with Crippen LogP contribution in [0.4, 0.5) is 4.79 Å². The number of carbonyl (C=O) groups excluding carboxylic acids is 1. The predicted octanol–water partition coefficient (Wildman–Crippen LogP) is 0.947. The van der Waals surface area contributed by atoms with Gasteiger partial charge in [0.15, 0.2) is 0 Å². The van der Waals surface area contributed by atoms with Crippen LogP contribution in [0.5, 0.6) is 0 Å². The normalized spacial score (nSPS) is 27.6. The van der Waals surface area contributed by atoms with Gasteiger partial charge in [-0.1, -0.05) is 0 Å². The summed E-state index contributed by atoms with van der Waals surface area (Å²) in [6.07, 6.45) is 2.10. The van der Waals surface area contributed by atoms with Crippen molar-refractivity contribution in [1.29, 1.82) is 0 Å². The highest BCUT2D eigenvalue weighted by Crippen LogP contribution is 2.30. The number of nitrogens with one attached hydrogen (secondary N) is 2. The minimum absolute atomic E-state index is 0.0399. The molecule has 1 atom stereocenters. The number of hydrogen-bond acceptors (Lipinski definition) is 3. The molecule has 0 aliphatic carbocycles. The molecule has 2 amide bonds. The first-order valence-corrected chi connectivity index (χ1v) is 6.95. The van der Waals surface area contributed by atoms with Crippen molar-refractivity contribution < 1.29 is 9.53 Å². The van der Waals surface area contributed by atoms with Crippen LogP contribution in [0.25, 0.3) is 0 Å². The molecule has 0 aromatic heterocycles. The molecule has 0 saturated carbocycles. The first-order valence-electron chi connectivity index (χ1n) is 6.95. The van der Waals surface area contributed by atoms with Crippen molar-refractivity contribution in [2.24, 2.45) is 0 Å². The van der Waals surface area contributed by atoms with Crippen molar-refractivity contribution in [2.75, 3.05) is 26.2 Å². The maximum absolute atomic E-state index is 12.1. The van der Waals surface area contributed by atoms with Crippen LogP contribution in [0.3, 0.4) is 0 Å². The van der Waals surface area contributed by atoms with E-state index in [1.54, 1.807) is 0 Å². The molecule has 2 fully saturated rings. The Bertz CT molecular complexity index is 301. The second-order valence-corrected chi connectivity index (χ2v) is 5.85. The Balaban J connectivity index is 2.01. The summed E-state index contributed by atoms with van der Waals surface area (Å²) in [6.45, 7) is 9.40. The molecule has 1 spiro atoms. The van der Waals surface area contributed by atoms with Crippen LogP contribution in [-0.2, 0) is 4.74 Å². The fourth-order valence-corrected chi connectivity index (χ4v) is 2.88. The number of hydrogen-bond donors (Lipinski definition) is 2. The number of nitrogens with zero attached hydrogens (tertiary/aromatic N) is 1. The van der Waals surface area contributed by atoms with E-state index in [0.717, 1.165) is 32.5 Å². The van der Waals surface area contributed by atoms with Crippen LogP contribution in [0.1, 0.15) is 33.6 Å². The van der Waals surface area contributed by atoms with Crippen LogP contribution < -0.4 is 10.6 Å². The van der Waals surface area contributed by atoms with Crippen molar-refractivity contribution >= 4 is 6.03 Å². The molecular formula is C13H25N3O2. The zero-order valence-corrected chi connectivity index (χ0v) is 11.7. The number of morpholine rings is 1. The number of carbonyl (C=O) groups is 1. The topological polar surface area (TPSA) is 53.6 Å². The highest BCUT2D eigenvalue weighted by atomic mass is 16.5. The van der Waals surface area contributed by atoms with E-state index >= 15 is 0 Å². The fourth-order valence-electron chi connectivity index (χ4n) is 2.88. The van der Waals surface area contributed by atoms with Gasteiger partial charge in [-0.3, -0.25) is 0 Å². The van der Waals surface area contributed by atoms with Gasteiger partial charge in [0, 0.05) is 12.6 Å². The van der Waals surface area contributed by atoms with E-state index in [2.05, 4.69) is 17.6 Å². The minimum Gasteiger partial charge on any atom is -0.368 e. The van der Waals surface area contributed by atoms with Crippen LogP contribution >= 0.6 is 0 Å². The van der Waals surface area contributed by atoms with E-state index in [1.807, 2.05) is 18.7 Å². The van der Waals surface area contributed by atoms with Gasteiger partial charge < -0.3 is 20.3 Å². The molecule has 1 unspecified atom stereocenters. The molecule has 18 heavy (non-hydrogen) atoms. The average molecular weight is 255 g/mol. The van der Waals surface area contributed by atoms with E-state index in [-0.39, 0.29) is 23.8 Å². The molecule has 5 heteroatoms. The Morgan fingerprint density at radius 3 is 2.72 bits per heavy atom. The lowest BCUT2D eigenvalue weighted by molar-refractivity contribution is -0.150. The lowest BCUT2D eigenvalue weighted by atomic mass is 9.89. The molecule has 5 nitrogen and oxygen atoms in total. The first kappa shape index (κ1) is 13.6. The second kappa shape index (κ2) is 5.45. The Kier molecular flexibility index (Phi) is 4.12. The van der Waals surface area contributed by atoms with Gasteiger partial charge in [-0.25, -0.2) is 4.79 Å². The van der Waals surface area contributed by atoms with Crippen molar-refractivity contribution in [2.45, 2.75) is 51.4 Å². The van der Waals surface area contributed by atoms with Gasteiger partial charge in [-0.2, -0.15) is 0 Å². The summed E-state index contributed by atoms with van der Waals surface area (Å²) < 4.78 is 6.14. The second-order valence-electron chi connectivity index (χ2n) is 5.85. The molecule has 2 rings (SSSR count). The molecule has 2 heterocycles. The van der Waals surface area contributed by atoms with Gasteiger partial charge in [-0.15, -0.1) is 0 Å². The monoisotopic (exact) mass is 255 g/mol. The number of piperidine rings is 1. The molecule has 0 bridgehead atoms. The molecule has 0 aromatic rings. The van der Waals surface area contributed by atoms with Crippen molar-refractivity contribution in [3.8, 4) is 0 Å². The Hall–Kier alpha value is -0.810. The van der Waals surface area contributed by atoms with Gasteiger partial charge in [0.25, 0.3) is 0 Å². The van der Waals surface area contributed by atoms with Crippen LogP contribution in [0.2, 0.25) is 0 Å². The van der Waals surface area contributed by atoms with Crippen LogP contribution in [-0.4, -0.2) is 54.9 Å². The minimum atomic E-state index is -0.128. The molecular weight excluding hydrogens is 230 g/mol. The maximum atomic E-state index is 12.1. The fraction of sp³-hybridized carbons (Fsp3) is 0.923. The summed E-state index contributed by atoms with van der Waals surface area (Å²) >= 11 is 0. The number of urea groups is 1. The predicted molar refractivity (Wildman–Crippen MR) is 70.6 cm³/mol. The smallest absolute Gasteiger partial charge is 0.317 e. The number of ether oxygens (including phenoxy) is 1. The highest BCUT2D eigenvalue weighted by molar-refractivity contribution is 5.74. The third kappa shape index (κ3) is 3.14. The lowest BCUT2D eigenvalue weighted by Crippen LogP contribution is -2.61. The standard InChI is InChI=1S/C13H25N3O2/c1-10(2)15-12(17)16-8-11(3)18-13(9-16)4-6-14-7-5-13/h10-11,14H,4-9H2,1-3H3,(H,15,17). The van der Waals surface area contributed by atoms with Crippen molar-refractivity contribution in [3.63, 3.8) is 0 Å². The van der Waals surface area contributed by atoms with E-state index in [1.165, 1.54) is 0 Å². The molecule has 2 aliphatic rings. The summed E-state index contributed by atoms with van der Waals surface area (Å²) in [6, 6.07) is 0.220. The summed E-state index contributed by atoms with van der Waals surface area (Å²) in [5.41, 5.74) is -0.128. The van der Waals surface area contributed by atoms with Crippen LogP contribution in [0, 0.1) is 0 Å². The molecule has 2 N–H and O–H groups in total. The van der Waals surface area contributed by atoms with Gasteiger partial charge in [0.05, 0.1) is 18.2 Å². The van der Waals surface area contributed by atoms with Crippen LogP contribution in [0.15, 0.2) is 0 Å². The summed E-state index contributed by atoms with van der Waals surface area (Å²) in [4.78, 5) is 14.0. The SMILES string of the molecule is CC(C)NC(=O)N1CC(C)OC2(CCNCC2)C1. The highest BCUT2D eigenvalue weighted by Gasteiger charge is 2.41. The Morgan fingerprint density at radius 1 is 1.44 bits per heavy atom. The summed E-state index contributed by atoms with van der Waals surface area (Å²) in [5, 5.41) is 6.32. The van der Waals surface area contributed by atoms with E-state index < -0.39 is 0 Å². The zero-order valence-electron chi connectivity index (χ0n) is 11.7.